The molecular weight excluding hydrogens is 228 g/mol. The molecule has 98 valence electrons. The molecule has 1 aromatic heterocycles. The Morgan fingerprint density at radius 2 is 2.39 bits per heavy atom. The number of amides is 1. The SMILES string of the molecule is CCN(CC1CCC1)C(=O)c1cnccc1NN. The van der Waals surface area contributed by atoms with Gasteiger partial charge >= 0.3 is 0 Å². The lowest BCUT2D eigenvalue weighted by molar-refractivity contribution is 0.0707. The number of rotatable bonds is 5. The van der Waals surface area contributed by atoms with Gasteiger partial charge in [-0.3, -0.25) is 15.6 Å². The number of pyridine rings is 1. The van der Waals surface area contributed by atoms with Crippen LogP contribution in [0.2, 0.25) is 0 Å². The molecule has 0 spiro atoms. The normalized spacial score (nSPS) is 15.0. The number of nitrogens with two attached hydrogens (primary N) is 1. The Hall–Kier alpha value is -1.62. The zero-order valence-corrected chi connectivity index (χ0v) is 10.7. The number of hydrazine groups is 1. The highest BCUT2D eigenvalue weighted by Crippen LogP contribution is 2.27. The molecule has 1 heterocycles. The summed E-state index contributed by atoms with van der Waals surface area (Å²) < 4.78 is 0. The maximum absolute atomic E-state index is 12.4. The first-order chi connectivity index (χ1) is 8.76. The molecule has 0 unspecified atom stereocenters. The first-order valence-corrected chi connectivity index (χ1v) is 6.46. The molecular formula is C13H20N4O. The second-order valence-corrected chi connectivity index (χ2v) is 4.71. The number of anilines is 1. The van der Waals surface area contributed by atoms with E-state index >= 15 is 0 Å². The van der Waals surface area contributed by atoms with Crippen LogP contribution in [0.3, 0.4) is 0 Å². The second-order valence-electron chi connectivity index (χ2n) is 4.71. The number of nitrogen functional groups attached to an aromatic ring is 1. The average molecular weight is 248 g/mol. The van der Waals surface area contributed by atoms with Gasteiger partial charge in [0.25, 0.3) is 5.91 Å². The van der Waals surface area contributed by atoms with Gasteiger partial charge in [0.15, 0.2) is 0 Å². The van der Waals surface area contributed by atoms with Gasteiger partial charge in [0.1, 0.15) is 0 Å². The third-order valence-corrected chi connectivity index (χ3v) is 3.58. The highest BCUT2D eigenvalue weighted by atomic mass is 16.2. The van der Waals surface area contributed by atoms with Crippen molar-refractivity contribution in [1.29, 1.82) is 0 Å². The second kappa shape index (κ2) is 5.82. The molecule has 1 aromatic rings. The standard InChI is InChI=1S/C13H20N4O/c1-2-17(9-10-4-3-5-10)13(18)11-8-15-7-6-12(11)16-14/h6-8,10H,2-5,9,14H2,1H3,(H,15,16). The lowest BCUT2D eigenvalue weighted by Gasteiger charge is -2.32. The van der Waals surface area contributed by atoms with E-state index in [1.165, 1.54) is 19.3 Å². The lowest BCUT2D eigenvalue weighted by atomic mass is 9.85. The zero-order valence-electron chi connectivity index (χ0n) is 10.7. The van der Waals surface area contributed by atoms with Gasteiger partial charge in [-0.25, -0.2) is 0 Å². The smallest absolute Gasteiger partial charge is 0.257 e. The van der Waals surface area contributed by atoms with Crippen LogP contribution < -0.4 is 11.3 Å². The molecule has 0 bridgehead atoms. The third-order valence-electron chi connectivity index (χ3n) is 3.58. The molecule has 1 amide bonds. The van der Waals surface area contributed by atoms with Gasteiger partial charge in [0.05, 0.1) is 11.3 Å². The molecule has 0 aromatic carbocycles. The van der Waals surface area contributed by atoms with Crippen molar-refractivity contribution in [2.75, 3.05) is 18.5 Å². The number of nitrogens with one attached hydrogen (secondary N) is 1. The fourth-order valence-electron chi connectivity index (χ4n) is 2.20. The van der Waals surface area contributed by atoms with Crippen LogP contribution in [0.4, 0.5) is 5.69 Å². The highest BCUT2D eigenvalue weighted by Gasteiger charge is 2.24. The summed E-state index contributed by atoms with van der Waals surface area (Å²) in [5.74, 6) is 6.09. The molecule has 0 radical (unpaired) electrons. The average Bonchev–Trinajstić information content (AvgIpc) is 2.37. The van der Waals surface area contributed by atoms with E-state index in [2.05, 4.69) is 10.4 Å². The van der Waals surface area contributed by atoms with Crippen LogP contribution in [-0.2, 0) is 0 Å². The van der Waals surface area contributed by atoms with Crippen molar-refractivity contribution < 1.29 is 4.79 Å². The predicted octanol–water partition coefficient (Wildman–Crippen LogP) is 1.63. The quantitative estimate of drug-likeness (QED) is 0.613. The molecule has 1 fully saturated rings. The van der Waals surface area contributed by atoms with Crippen molar-refractivity contribution in [1.82, 2.24) is 9.88 Å². The van der Waals surface area contributed by atoms with E-state index in [0.29, 0.717) is 23.7 Å². The van der Waals surface area contributed by atoms with Crippen LogP contribution in [0.15, 0.2) is 18.5 Å². The van der Waals surface area contributed by atoms with Crippen molar-refractivity contribution in [3.8, 4) is 0 Å². The summed E-state index contributed by atoms with van der Waals surface area (Å²) in [6.45, 7) is 3.56. The maximum atomic E-state index is 12.4. The van der Waals surface area contributed by atoms with Gasteiger partial charge < -0.3 is 10.3 Å². The van der Waals surface area contributed by atoms with E-state index < -0.39 is 0 Å². The van der Waals surface area contributed by atoms with E-state index in [0.717, 1.165) is 6.54 Å². The Kier molecular flexibility index (Phi) is 4.15. The van der Waals surface area contributed by atoms with Gasteiger partial charge in [-0.2, -0.15) is 0 Å². The third kappa shape index (κ3) is 2.61. The minimum absolute atomic E-state index is 0.00505. The van der Waals surface area contributed by atoms with E-state index in [9.17, 15) is 4.79 Å². The number of hydrogen-bond acceptors (Lipinski definition) is 4. The summed E-state index contributed by atoms with van der Waals surface area (Å²) in [6.07, 6.45) is 6.95. The number of hydrogen-bond donors (Lipinski definition) is 2. The Bertz CT molecular complexity index is 417. The monoisotopic (exact) mass is 248 g/mol. The number of nitrogens with zero attached hydrogens (tertiary/aromatic N) is 2. The topological polar surface area (TPSA) is 71.2 Å². The first kappa shape index (κ1) is 12.8. The predicted molar refractivity (Wildman–Crippen MR) is 71.0 cm³/mol. The van der Waals surface area contributed by atoms with Crippen molar-refractivity contribution in [2.24, 2.45) is 11.8 Å². The Labute approximate surface area is 107 Å². The lowest BCUT2D eigenvalue weighted by Crippen LogP contribution is -2.37. The van der Waals surface area contributed by atoms with Gasteiger partial charge in [-0.15, -0.1) is 0 Å². The molecule has 0 atom stereocenters. The largest absolute Gasteiger partial charge is 0.339 e. The summed E-state index contributed by atoms with van der Waals surface area (Å²) in [7, 11) is 0. The Balaban J connectivity index is 2.11. The van der Waals surface area contributed by atoms with Crippen LogP contribution in [0.5, 0.6) is 0 Å². The van der Waals surface area contributed by atoms with Crippen molar-refractivity contribution >= 4 is 11.6 Å². The van der Waals surface area contributed by atoms with Gasteiger partial charge in [-0.1, -0.05) is 6.42 Å². The molecule has 18 heavy (non-hydrogen) atoms. The van der Waals surface area contributed by atoms with Crippen LogP contribution >= 0.6 is 0 Å². The fraction of sp³-hybridized carbons (Fsp3) is 0.538. The van der Waals surface area contributed by atoms with Crippen molar-refractivity contribution in [3.63, 3.8) is 0 Å². The van der Waals surface area contributed by atoms with Gasteiger partial charge in [0, 0.05) is 25.5 Å². The molecule has 2 rings (SSSR count). The van der Waals surface area contributed by atoms with E-state index in [1.54, 1.807) is 18.5 Å². The van der Waals surface area contributed by atoms with Crippen molar-refractivity contribution in [3.05, 3.63) is 24.0 Å². The summed E-state index contributed by atoms with van der Waals surface area (Å²) in [6, 6.07) is 1.71. The van der Waals surface area contributed by atoms with Crippen LogP contribution in [-0.4, -0.2) is 28.9 Å². The Morgan fingerprint density at radius 3 is 2.94 bits per heavy atom. The molecule has 0 saturated heterocycles. The molecule has 1 aliphatic rings. The minimum atomic E-state index is 0.00505. The fourth-order valence-corrected chi connectivity index (χ4v) is 2.20. The summed E-state index contributed by atoms with van der Waals surface area (Å²) in [5, 5.41) is 0. The van der Waals surface area contributed by atoms with Crippen LogP contribution in [0, 0.1) is 5.92 Å². The number of carbonyl (C=O) groups excluding carboxylic acids is 1. The summed E-state index contributed by atoms with van der Waals surface area (Å²) in [5.41, 5.74) is 3.72. The molecule has 1 saturated carbocycles. The minimum Gasteiger partial charge on any atom is -0.339 e. The molecule has 0 aliphatic heterocycles. The van der Waals surface area contributed by atoms with Crippen molar-refractivity contribution in [2.45, 2.75) is 26.2 Å². The zero-order chi connectivity index (χ0) is 13.0. The summed E-state index contributed by atoms with van der Waals surface area (Å²) in [4.78, 5) is 18.3. The molecule has 1 aliphatic carbocycles. The van der Waals surface area contributed by atoms with Crippen LogP contribution in [0.25, 0.3) is 0 Å². The van der Waals surface area contributed by atoms with E-state index in [4.69, 9.17) is 5.84 Å². The van der Waals surface area contributed by atoms with E-state index in [1.807, 2.05) is 11.8 Å². The maximum Gasteiger partial charge on any atom is 0.257 e. The van der Waals surface area contributed by atoms with Gasteiger partial charge in [0.2, 0.25) is 0 Å². The number of aromatic nitrogens is 1. The van der Waals surface area contributed by atoms with E-state index in [-0.39, 0.29) is 5.91 Å². The highest BCUT2D eigenvalue weighted by molar-refractivity contribution is 5.99. The summed E-state index contributed by atoms with van der Waals surface area (Å²) >= 11 is 0. The Morgan fingerprint density at radius 1 is 1.61 bits per heavy atom. The number of carbonyl (C=O) groups is 1. The first-order valence-electron chi connectivity index (χ1n) is 6.46. The van der Waals surface area contributed by atoms with Crippen LogP contribution in [0.1, 0.15) is 36.5 Å². The molecule has 5 nitrogen and oxygen atoms in total. The van der Waals surface area contributed by atoms with Gasteiger partial charge in [-0.05, 0) is 31.7 Å². The molecule has 3 N–H and O–H groups in total. The molecule has 5 heteroatoms.